The Labute approximate surface area is 499 Å². The van der Waals surface area contributed by atoms with Crippen LogP contribution in [0, 0.1) is 11.7 Å². The molecule has 0 saturated heterocycles. The van der Waals surface area contributed by atoms with Gasteiger partial charge in [-0.3, -0.25) is 13.7 Å². The molecule has 3 aromatic heterocycles. The van der Waals surface area contributed by atoms with E-state index < -0.39 is 60.4 Å². The Hall–Kier alpha value is -9.58. The third kappa shape index (κ3) is 6.59. The first-order valence-corrected chi connectivity index (χ1v) is 28.4. The van der Waals surface area contributed by atoms with Crippen LogP contribution in [0.4, 0.5) is 0 Å². The largest absolute Gasteiger partial charge is 0.458 e. The average molecular weight is 1080 g/mol. The highest BCUT2D eigenvalue weighted by Gasteiger charge is 2.79. The third-order valence-electron chi connectivity index (χ3n) is 19.7. The maximum absolute atomic E-state index is 9.13. The van der Waals surface area contributed by atoms with Gasteiger partial charge in [0, 0.05) is 44.7 Å². The topological polar surface area (TPSA) is 35.9 Å². The molecule has 0 radical (unpaired) electrons. The van der Waals surface area contributed by atoms with Crippen LogP contribution in [-0.2, 0) is 21.7 Å². The molecule has 10 aromatic carbocycles. The number of imidazole rings is 1. The summed E-state index contributed by atoms with van der Waals surface area (Å²) in [6.45, 7) is 16.7. The van der Waals surface area contributed by atoms with Gasteiger partial charge in [-0.25, -0.2) is 4.98 Å². The van der Waals surface area contributed by atoms with E-state index in [-0.39, 0.29) is 55.0 Å². The molecule has 16 rings (SSSR count). The first-order valence-electron chi connectivity index (χ1n) is 33.4. The molecule has 0 N–H and O–H groups in total. The van der Waals surface area contributed by atoms with Crippen LogP contribution in [0.1, 0.15) is 101 Å². The molecule has 3 heterocycles. The summed E-state index contributed by atoms with van der Waals surface area (Å²) in [4.78, 5) is 5.05. The Bertz CT molecular complexity index is 5320. The van der Waals surface area contributed by atoms with Gasteiger partial charge in [-0.1, -0.05) is 224 Å². The first-order chi connectivity index (χ1) is 44.4. The summed E-state index contributed by atoms with van der Waals surface area (Å²) in [5.74, 6) is 1.86. The van der Waals surface area contributed by atoms with E-state index in [4.69, 9.17) is 23.4 Å². The summed E-state index contributed by atoms with van der Waals surface area (Å²) in [6.07, 6.45) is 5.38. The van der Waals surface area contributed by atoms with E-state index in [1.165, 1.54) is 33.4 Å². The highest BCUT2D eigenvalue weighted by atomic mass is 16.5. The summed E-state index contributed by atoms with van der Waals surface area (Å²) in [6, 6.07) is 57.4. The molecule has 13 aromatic rings. The second-order valence-electron chi connectivity index (χ2n) is 24.3. The molecule has 0 fully saturated rings. The van der Waals surface area contributed by atoms with Crippen molar-refractivity contribution in [3.63, 3.8) is 0 Å². The van der Waals surface area contributed by atoms with Crippen molar-refractivity contribution in [2.75, 3.05) is 0 Å². The summed E-state index contributed by atoms with van der Waals surface area (Å²) in [5.41, 5.74) is 14.8. The normalized spacial score (nSPS) is 21.9. The molecule has 5 nitrogen and oxygen atoms in total. The van der Waals surface area contributed by atoms with Crippen molar-refractivity contribution < 1.29 is 23.0 Å². The molecular formula is C78H62N4O. The molecule has 0 saturated carbocycles. The minimum Gasteiger partial charge on any atom is -0.458 e. The molecule has 5 heteroatoms. The Morgan fingerprint density at radius 2 is 1.06 bits per heavy atom. The van der Waals surface area contributed by atoms with Gasteiger partial charge in [0.15, 0.2) is 0 Å². The number of para-hydroxylation sites is 3. The number of benzene rings is 10. The SMILES string of the molecule is [2H]c1c([2H])c([2H])c(-c2cccc(-c3c([2H])c([2H])c([2H])c([2H])c3[2H])c2-[n+]2[c-]n(-c3cccc(Oc4ccc5c6cc(-c7ccc8c(c7)C7(C)c9ccccc9C9(C)c%10ccccc%10C8(C)C97C)ccc6n(-c6cc(C(C)(C)C)ccn6)c5c4)c3)c3ccccc32)c([2H])c1[2H]. The fourth-order valence-corrected chi connectivity index (χ4v) is 15.5. The lowest BCUT2D eigenvalue weighted by Crippen LogP contribution is -2.51. The van der Waals surface area contributed by atoms with E-state index in [0.717, 1.165) is 44.3 Å². The summed E-state index contributed by atoms with van der Waals surface area (Å²) >= 11 is 0. The molecule has 4 atom stereocenters. The second kappa shape index (κ2) is 17.5. The zero-order valence-electron chi connectivity index (χ0n) is 57.1. The average Bonchev–Trinajstić information content (AvgIpc) is 1.44. The van der Waals surface area contributed by atoms with Crippen molar-refractivity contribution in [1.82, 2.24) is 14.1 Å². The van der Waals surface area contributed by atoms with Crippen molar-refractivity contribution >= 4 is 32.8 Å². The predicted octanol–water partition coefficient (Wildman–Crippen LogP) is 18.6. The van der Waals surface area contributed by atoms with Crippen LogP contribution >= 0.6 is 0 Å². The second-order valence-corrected chi connectivity index (χ2v) is 24.3. The minimum atomic E-state index is -0.569. The van der Waals surface area contributed by atoms with Gasteiger partial charge in [-0.2, -0.15) is 0 Å². The zero-order chi connectivity index (χ0) is 64.9. The number of pyridine rings is 1. The summed E-state index contributed by atoms with van der Waals surface area (Å²) in [5, 5.41) is 2.10. The van der Waals surface area contributed by atoms with E-state index in [1.807, 2.05) is 65.4 Å². The van der Waals surface area contributed by atoms with E-state index in [2.05, 4.69) is 169 Å². The Morgan fingerprint density at radius 3 is 1.72 bits per heavy atom. The number of ether oxygens (including phenoxy) is 1. The minimum absolute atomic E-state index is 0.133. The Morgan fingerprint density at radius 1 is 0.482 bits per heavy atom. The van der Waals surface area contributed by atoms with Gasteiger partial charge in [0.2, 0.25) is 0 Å². The van der Waals surface area contributed by atoms with Crippen molar-refractivity contribution in [2.24, 2.45) is 5.41 Å². The number of hydrogen-bond donors (Lipinski definition) is 0. The highest BCUT2D eigenvalue weighted by molar-refractivity contribution is 6.11. The van der Waals surface area contributed by atoms with E-state index >= 15 is 0 Å². The summed E-state index contributed by atoms with van der Waals surface area (Å²) < 4.78 is 101. The molecule has 3 aliphatic rings. The maximum Gasteiger partial charge on any atom is 0.269 e. The lowest BCUT2D eigenvalue weighted by atomic mass is 9.52. The van der Waals surface area contributed by atoms with Crippen molar-refractivity contribution in [2.45, 2.75) is 70.1 Å². The van der Waals surface area contributed by atoms with Crippen LogP contribution in [0.25, 0.3) is 83.4 Å². The zero-order valence-corrected chi connectivity index (χ0v) is 47.1. The number of hydrogen-bond acceptors (Lipinski definition) is 2. The number of nitrogens with zero attached hydrogens (tertiary/aromatic N) is 4. The van der Waals surface area contributed by atoms with Crippen molar-refractivity contribution in [3.05, 3.63) is 294 Å². The van der Waals surface area contributed by atoms with Gasteiger partial charge >= 0.3 is 0 Å². The van der Waals surface area contributed by atoms with Gasteiger partial charge in [-0.05, 0) is 138 Å². The van der Waals surface area contributed by atoms with Crippen LogP contribution in [0.3, 0.4) is 0 Å². The molecule has 0 amide bonds. The lowest BCUT2D eigenvalue weighted by molar-refractivity contribution is -0.571. The number of fused-ring (bicyclic) bond motifs is 13. The fraction of sp³-hybridized carbons (Fsp3) is 0.154. The van der Waals surface area contributed by atoms with E-state index in [9.17, 15) is 0 Å². The standard InChI is InChI=1S/C78H62N4O/c1-74(2,3)54-42-43-79-72(46-54)82-68-41-37-52(53-36-40-66-67(45-53)77(6)65-33-17-16-32-64(65)75(4)62-30-14-15-31-63(62)76(66,5)78(75,77)7)44-61(68)60-39-38-57(48-71(60)82)83-56-27-20-26-55(47-56)80-49-81(70-35-19-18-34-69(70)80)73-58(50-22-10-8-11-23-50)28-21-29-59(73)51-24-12-9-13-25-51/h8-48H,1-7H3/i8D,9D,10D,11D,12D,13D,22D,23D,24D,25D. The number of rotatable bonds is 8. The molecule has 4 unspecified atom stereocenters. The molecule has 400 valence electrons. The Kier molecular flexibility index (Phi) is 8.37. The molecule has 0 bridgehead atoms. The van der Waals surface area contributed by atoms with Crippen LogP contribution in [0.5, 0.6) is 11.5 Å². The van der Waals surface area contributed by atoms with Gasteiger partial charge in [-0.15, -0.1) is 0 Å². The summed E-state index contributed by atoms with van der Waals surface area (Å²) in [7, 11) is 0. The number of aromatic nitrogens is 4. The van der Waals surface area contributed by atoms with Gasteiger partial charge in [0.05, 0.1) is 47.1 Å². The monoisotopic (exact) mass is 1080 g/mol. The molecule has 0 aliphatic heterocycles. The molecule has 0 spiro atoms. The first kappa shape index (κ1) is 39.8. The van der Waals surface area contributed by atoms with Gasteiger partial charge in [0.25, 0.3) is 6.33 Å². The van der Waals surface area contributed by atoms with Crippen LogP contribution in [0.2, 0.25) is 0 Å². The van der Waals surface area contributed by atoms with Gasteiger partial charge < -0.3 is 4.74 Å². The molecule has 83 heavy (non-hydrogen) atoms. The predicted molar refractivity (Wildman–Crippen MR) is 338 cm³/mol. The van der Waals surface area contributed by atoms with E-state index in [0.29, 0.717) is 28.2 Å². The van der Waals surface area contributed by atoms with Crippen LogP contribution < -0.4 is 9.30 Å². The fourth-order valence-electron chi connectivity index (χ4n) is 15.5. The molecule has 3 aliphatic carbocycles. The van der Waals surface area contributed by atoms with Crippen LogP contribution in [0.15, 0.2) is 249 Å². The van der Waals surface area contributed by atoms with Crippen molar-refractivity contribution in [3.8, 4) is 62.1 Å². The molecular weight excluding hydrogens is 1010 g/mol. The van der Waals surface area contributed by atoms with Crippen LogP contribution in [-0.4, -0.2) is 14.1 Å². The van der Waals surface area contributed by atoms with Crippen molar-refractivity contribution in [1.29, 1.82) is 0 Å². The Balaban J connectivity index is 0.827. The lowest BCUT2D eigenvalue weighted by Gasteiger charge is -2.49. The third-order valence-corrected chi connectivity index (χ3v) is 19.7. The van der Waals surface area contributed by atoms with E-state index in [1.54, 1.807) is 22.8 Å². The highest BCUT2D eigenvalue weighted by Crippen LogP contribution is 2.82. The maximum atomic E-state index is 9.13. The van der Waals surface area contributed by atoms with Gasteiger partial charge in [0.1, 0.15) is 17.3 Å². The quantitative estimate of drug-likeness (QED) is 0.112. The smallest absolute Gasteiger partial charge is 0.269 e.